The number of phosphoric acid groups is 1. The Kier molecular flexibility index (Phi) is 21.9. The highest BCUT2D eigenvalue weighted by atomic mass is 35.5. The minimum Gasteiger partial charge on any atom is -0.493 e. The van der Waals surface area contributed by atoms with Crippen molar-refractivity contribution >= 4 is 83.3 Å². The van der Waals surface area contributed by atoms with Gasteiger partial charge in [-0.2, -0.15) is 0 Å². The molecule has 7 N–H and O–H groups in total. The molecule has 0 aromatic heterocycles. The molecule has 22 nitrogen and oxygen atoms in total. The van der Waals surface area contributed by atoms with Crippen molar-refractivity contribution in [1.29, 1.82) is 0 Å². The Morgan fingerprint density at radius 1 is 0.825 bits per heavy atom. The van der Waals surface area contributed by atoms with Crippen LogP contribution in [0.25, 0.3) is 10.8 Å². The largest absolute Gasteiger partial charge is 0.531 e. The molecular weight excluding hydrogens is 1080 g/mol. The fraction of sp³-hybridized carbons (Fsp3) is 0.500. The van der Waals surface area contributed by atoms with Crippen LogP contribution in [0.1, 0.15) is 127 Å². The third kappa shape index (κ3) is 17.6. The first-order valence-corrected chi connectivity index (χ1v) is 28.6. The standard InChI is InChI=1S/C56H74ClN6O16P/c1-55(2,3)78-80(73,79-56(4,5)6)77-45-30-44-49(40-18-11-10-17-39(40)45)36(31-57)32-63(44)48(65)20-9-8-14-27-75-47-29-43(41(28-46(47)74-7)51(67)62-26-15-16-38(62)33-64)61-54(72)76-34-35-21-23-37(24-22-35)59-50(66)42(60-53(70)71)19-12-13-25-58-52(68)69/h10-11,17-18,21-24,28-30,36,38,42,58,60,64H,8-9,12-16,19-20,25-27,31-34H2,1-7H3,(H,59,66)(H,61,72)(H,68,69)(H,70,71)/t36-,38+,42+/m1/s1. The van der Waals surface area contributed by atoms with Crippen LogP contribution in [0.2, 0.25) is 0 Å². The molecule has 0 radical (unpaired) electrons. The monoisotopic (exact) mass is 1150 g/mol. The number of nitrogens with zero attached hydrogens (tertiary/aromatic N) is 2. The van der Waals surface area contributed by atoms with Gasteiger partial charge in [-0.25, -0.2) is 18.9 Å². The van der Waals surface area contributed by atoms with Gasteiger partial charge in [0.25, 0.3) is 5.91 Å². The van der Waals surface area contributed by atoms with Gasteiger partial charge < -0.3 is 59.8 Å². The number of anilines is 3. The van der Waals surface area contributed by atoms with E-state index in [0.29, 0.717) is 80.4 Å². The van der Waals surface area contributed by atoms with E-state index < -0.39 is 61.2 Å². The number of aliphatic hydroxyl groups excluding tert-OH is 1. The van der Waals surface area contributed by atoms with E-state index in [1.54, 1.807) is 81.7 Å². The lowest BCUT2D eigenvalue weighted by molar-refractivity contribution is -0.119. The van der Waals surface area contributed by atoms with E-state index in [4.69, 9.17) is 44.5 Å². The van der Waals surface area contributed by atoms with Gasteiger partial charge in [0.05, 0.1) is 54.5 Å². The molecule has 80 heavy (non-hydrogen) atoms. The normalized spacial score (nSPS) is 15.7. The second-order valence-corrected chi connectivity index (χ2v) is 23.2. The van der Waals surface area contributed by atoms with Crippen LogP contribution in [0, 0.1) is 0 Å². The summed E-state index contributed by atoms with van der Waals surface area (Å²) in [5, 5.41) is 39.3. The molecule has 0 saturated carbocycles. The number of likely N-dealkylation sites (tertiary alicyclic amines) is 1. The number of rotatable bonds is 26. The van der Waals surface area contributed by atoms with Crippen molar-refractivity contribution in [1.82, 2.24) is 15.5 Å². The molecule has 3 atom stereocenters. The molecule has 2 heterocycles. The summed E-state index contributed by atoms with van der Waals surface area (Å²) in [5.74, 6) is -0.426. The Bertz CT molecular complexity index is 2880. The average Bonchev–Trinajstić information content (AvgIpc) is 4.15. The number of fused-ring (bicyclic) bond motifs is 3. The van der Waals surface area contributed by atoms with Gasteiger partial charge in [0.15, 0.2) is 11.5 Å². The number of ether oxygens (including phenoxy) is 3. The van der Waals surface area contributed by atoms with Crippen molar-refractivity contribution in [3.05, 3.63) is 83.4 Å². The molecule has 0 unspecified atom stereocenters. The van der Waals surface area contributed by atoms with Crippen LogP contribution in [-0.2, 0) is 34.5 Å². The number of hydrogen-bond acceptors (Lipinski definition) is 14. The second kappa shape index (κ2) is 28.0. The number of amides is 6. The second-order valence-electron chi connectivity index (χ2n) is 21.5. The summed E-state index contributed by atoms with van der Waals surface area (Å²) >= 11 is 6.56. The minimum atomic E-state index is -4.22. The van der Waals surface area contributed by atoms with Gasteiger partial charge in [-0.3, -0.25) is 28.7 Å². The van der Waals surface area contributed by atoms with Crippen molar-refractivity contribution in [3.8, 4) is 17.2 Å². The number of carboxylic acid groups (broad SMARTS) is 2. The van der Waals surface area contributed by atoms with Gasteiger partial charge in [-0.05, 0) is 128 Å². The quantitative estimate of drug-likeness (QED) is 0.0175. The van der Waals surface area contributed by atoms with Gasteiger partial charge in [0.1, 0.15) is 18.4 Å². The lowest BCUT2D eigenvalue weighted by atomic mass is 9.95. The molecule has 1 fully saturated rings. The number of carbonyl (C=O) groups excluding carboxylic acids is 4. The highest BCUT2D eigenvalue weighted by Crippen LogP contribution is 2.57. The number of carbonyl (C=O) groups is 6. The van der Waals surface area contributed by atoms with Crippen molar-refractivity contribution in [2.75, 3.05) is 61.4 Å². The maximum Gasteiger partial charge on any atom is 0.531 e. The number of hydrogen-bond donors (Lipinski definition) is 7. The number of unbranched alkanes of at least 4 members (excludes halogenated alkanes) is 3. The zero-order valence-corrected chi connectivity index (χ0v) is 47.9. The number of aliphatic hydroxyl groups is 1. The van der Waals surface area contributed by atoms with Crippen LogP contribution < -0.4 is 40.2 Å². The Balaban J connectivity index is 1.09. The molecule has 24 heteroatoms. The maximum absolute atomic E-state index is 14.3. The summed E-state index contributed by atoms with van der Waals surface area (Å²) in [4.78, 5) is 79.9. The number of halogens is 1. The minimum absolute atomic E-state index is 0.0690. The molecule has 4 aromatic carbocycles. The van der Waals surface area contributed by atoms with E-state index in [1.807, 2.05) is 24.3 Å². The molecule has 6 amide bonds. The summed E-state index contributed by atoms with van der Waals surface area (Å²) in [6.45, 7) is 11.2. The Hall–Kier alpha value is -6.84. The molecule has 2 aliphatic rings. The van der Waals surface area contributed by atoms with Crippen molar-refractivity contribution < 1.29 is 76.4 Å². The molecule has 6 rings (SSSR count). The molecule has 4 aromatic rings. The van der Waals surface area contributed by atoms with Crippen molar-refractivity contribution in [3.63, 3.8) is 0 Å². The van der Waals surface area contributed by atoms with Gasteiger partial charge in [-0.15, -0.1) is 11.6 Å². The molecule has 2 aliphatic heterocycles. The Labute approximate surface area is 470 Å². The molecule has 436 valence electrons. The summed E-state index contributed by atoms with van der Waals surface area (Å²) < 4.78 is 49.9. The predicted octanol–water partition coefficient (Wildman–Crippen LogP) is 10.6. The fourth-order valence-electron chi connectivity index (χ4n) is 9.43. The van der Waals surface area contributed by atoms with Crippen LogP contribution in [0.15, 0.2) is 66.7 Å². The van der Waals surface area contributed by atoms with Gasteiger partial charge in [-0.1, -0.05) is 36.4 Å². The highest BCUT2D eigenvalue weighted by Gasteiger charge is 2.41. The Morgan fingerprint density at radius 2 is 1.52 bits per heavy atom. The number of phosphoric ester groups is 1. The van der Waals surface area contributed by atoms with E-state index in [2.05, 4.69) is 21.3 Å². The van der Waals surface area contributed by atoms with E-state index in [0.717, 1.165) is 10.9 Å². The van der Waals surface area contributed by atoms with Crippen LogP contribution in [0.4, 0.5) is 31.4 Å². The third-order valence-electron chi connectivity index (χ3n) is 12.9. The van der Waals surface area contributed by atoms with Gasteiger partial charge in [0.2, 0.25) is 11.8 Å². The zero-order chi connectivity index (χ0) is 58.4. The first kappa shape index (κ1) is 62.4. The summed E-state index contributed by atoms with van der Waals surface area (Å²) in [6, 6.07) is 16.9. The summed E-state index contributed by atoms with van der Waals surface area (Å²) in [7, 11) is -2.80. The van der Waals surface area contributed by atoms with E-state index in [9.17, 15) is 43.5 Å². The number of methoxy groups -OCH3 is 1. The van der Waals surface area contributed by atoms with Gasteiger partial charge in [0, 0.05) is 61.1 Å². The molecule has 0 spiro atoms. The Morgan fingerprint density at radius 3 is 2.16 bits per heavy atom. The molecular formula is C56H74ClN6O16P. The van der Waals surface area contributed by atoms with Crippen LogP contribution in [0.3, 0.4) is 0 Å². The number of benzene rings is 4. The first-order valence-electron chi connectivity index (χ1n) is 26.6. The smallest absolute Gasteiger partial charge is 0.493 e. The molecule has 0 bridgehead atoms. The number of alkyl halides is 1. The zero-order valence-electron chi connectivity index (χ0n) is 46.3. The lowest BCUT2D eigenvalue weighted by Crippen LogP contribution is -2.43. The maximum atomic E-state index is 14.3. The molecule has 1 saturated heterocycles. The van der Waals surface area contributed by atoms with E-state index in [1.165, 1.54) is 19.2 Å². The summed E-state index contributed by atoms with van der Waals surface area (Å²) in [6.07, 6.45) is 0.506. The third-order valence-corrected chi connectivity index (χ3v) is 15.2. The average molecular weight is 1150 g/mol. The van der Waals surface area contributed by atoms with E-state index in [-0.39, 0.29) is 85.4 Å². The first-order chi connectivity index (χ1) is 37.9. The predicted molar refractivity (Wildman–Crippen MR) is 301 cm³/mol. The van der Waals surface area contributed by atoms with Crippen LogP contribution >= 0.6 is 19.4 Å². The van der Waals surface area contributed by atoms with Crippen molar-refractivity contribution in [2.45, 2.75) is 135 Å². The topological polar surface area (TPSA) is 290 Å². The van der Waals surface area contributed by atoms with E-state index >= 15 is 0 Å². The number of nitrogens with one attached hydrogen (secondary N) is 4. The molecule has 0 aliphatic carbocycles. The summed E-state index contributed by atoms with van der Waals surface area (Å²) in [5.41, 5.74) is 0.758. The highest BCUT2D eigenvalue weighted by molar-refractivity contribution is 7.49. The lowest BCUT2D eigenvalue weighted by Gasteiger charge is -2.31. The van der Waals surface area contributed by atoms with Crippen molar-refractivity contribution in [2.24, 2.45) is 0 Å². The fourth-order valence-corrected chi connectivity index (χ4v) is 11.5. The van der Waals surface area contributed by atoms with Crippen LogP contribution in [-0.4, -0.2) is 125 Å². The SMILES string of the molecule is COc1cc(C(=O)N2CCC[C@H]2CO)c(NC(=O)OCc2ccc(NC(=O)[C@H](CCCCNC(=O)O)NC(=O)O)cc2)cc1OCCCCCC(=O)N1C[C@@H](CCl)c2c1cc(OP(=O)(OC(C)(C)C)OC(C)(C)C)c1ccccc21. The van der Waals surface area contributed by atoms with Gasteiger partial charge >= 0.3 is 26.1 Å². The van der Waals surface area contributed by atoms with Crippen LogP contribution in [0.5, 0.6) is 17.2 Å².